The van der Waals surface area contributed by atoms with E-state index in [1.807, 2.05) is 47.4 Å². The summed E-state index contributed by atoms with van der Waals surface area (Å²) in [5.41, 5.74) is 0.628. The number of piperazine rings is 1. The molecule has 4 saturated carbocycles. The molecule has 7 rings (SSSR count). The third-order valence-electron chi connectivity index (χ3n) is 8.31. The molecule has 0 spiro atoms. The maximum atomic E-state index is 13.6. The van der Waals surface area contributed by atoms with Crippen molar-refractivity contribution < 1.29 is 9.59 Å². The molecule has 4 bridgehead atoms. The smallest absolute Gasteiger partial charge is 0.253 e. The number of carbonyl (C=O) groups is 2. The van der Waals surface area contributed by atoms with Crippen LogP contribution in [0.5, 0.6) is 0 Å². The second-order valence-corrected chi connectivity index (χ2v) is 11.7. The van der Waals surface area contributed by atoms with Gasteiger partial charge in [0.1, 0.15) is 5.03 Å². The highest BCUT2D eigenvalue weighted by Crippen LogP contribution is 2.60. The van der Waals surface area contributed by atoms with Crippen molar-refractivity contribution in [3.05, 3.63) is 54.2 Å². The Morgan fingerprint density at radius 3 is 2.00 bits per heavy atom. The van der Waals surface area contributed by atoms with E-state index in [1.54, 1.807) is 18.0 Å². The number of amides is 2. The van der Waals surface area contributed by atoms with Gasteiger partial charge in [-0.15, -0.1) is 0 Å². The Bertz CT molecular complexity index is 996. The molecule has 5 aliphatic rings. The third-order valence-corrected chi connectivity index (χ3v) is 9.27. The second kappa shape index (κ2) is 8.46. The minimum absolute atomic E-state index is 0.0614. The standard InChI is InChI=1S/C27H31N3O2S/c31-25(22-4-6-23(7-5-22)33-24-3-1-2-8-28-24)29-9-11-30(12-10-29)26(32)27-16-19-13-20(17-27)15-21(14-19)18-27/h1-8,19-21H,9-18H2. The molecule has 0 N–H and O–H groups in total. The summed E-state index contributed by atoms with van der Waals surface area (Å²) in [5, 5.41) is 0.941. The lowest BCUT2D eigenvalue weighted by Gasteiger charge is -2.57. The van der Waals surface area contributed by atoms with Crippen LogP contribution in [0.3, 0.4) is 0 Å². The molecule has 2 amide bonds. The number of hydrogen-bond acceptors (Lipinski definition) is 4. The number of aromatic nitrogens is 1. The monoisotopic (exact) mass is 461 g/mol. The van der Waals surface area contributed by atoms with Crippen molar-refractivity contribution in [1.82, 2.24) is 14.8 Å². The molecular weight excluding hydrogens is 430 g/mol. The number of nitrogens with zero attached hydrogens (tertiary/aromatic N) is 3. The summed E-state index contributed by atoms with van der Waals surface area (Å²) in [4.78, 5) is 36.1. The van der Waals surface area contributed by atoms with Crippen LogP contribution >= 0.6 is 11.8 Å². The number of rotatable bonds is 4. The van der Waals surface area contributed by atoms with Gasteiger partial charge in [0.25, 0.3) is 5.91 Å². The highest BCUT2D eigenvalue weighted by atomic mass is 32.2. The Morgan fingerprint density at radius 1 is 0.818 bits per heavy atom. The quantitative estimate of drug-likeness (QED) is 0.660. The summed E-state index contributed by atoms with van der Waals surface area (Å²) < 4.78 is 0. The lowest BCUT2D eigenvalue weighted by atomic mass is 9.49. The van der Waals surface area contributed by atoms with Crippen molar-refractivity contribution in [2.45, 2.75) is 48.4 Å². The van der Waals surface area contributed by atoms with E-state index >= 15 is 0 Å². The van der Waals surface area contributed by atoms with Crippen LogP contribution in [-0.4, -0.2) is 52.8 Å². The van der Waals surface area contributed by atoms with E-state index in [9.17, 15) is 9.59 Å². The van der Waals surface area contributed by atoms with Crippen LogP contribution in [0.15, 0.2) is 58.6 Å². The van der Waals surface area contributed by atoms with Crippen LogP contribution in [0, 0.1) is 23.2 Å². The van der Waals surface area contributed by atoms with E-state index in [-0.39, 0.29) is 11.3 Å². The van der Waals surface area contributed by atoms with Crippen molar-refractivity contribution in [3.8, 4) is 0 Å². The summed E-state index contributed by atoms with van der Waals surface area (Å²) in [7, 11) is 0. The van der Waals surface area contributed by atoms with Crippen LogP contribution in [0.2, 0.25) is 0 Å². The Balaban J connectivity index is 1.06. The van der Waals surface area contributed by atoms with E-state index in [0.29, 0.717) is 37.6 Å². The number of pyridine rings is 1. The van der Waals surface area contributed by atoms with Crippen molar-refractivity contribution in [2.24, 2.45) is 23.2 Å². The molecule has 1 aromatic carbocycles. The van der Waals surface area contributed by atoms with Gasteiger partial charge in [0.2, 0.25) is 5.91 Å². The first-order chi connectivity index (χ1) is 16.1. The van der Waals surface area contributed by atoms with Gasteiger partial charge in [0, 0.05) is 42.8 Å². The van der Waals surface area contributed by atoms with Gasteiger partial charge in [0.05, 0.1) is 5.41 Å². The highest BCUT2D eigenvalue weighted by Gasteiger charge is 2.55. The van der Waals surface area contributed by atoms with Crippen LogP contribution in [0.4, 0.5) is 0 Å². The van der Waals surface area contributed by atoms with Gasteiger partial charge >= 0.3 is 0 Å². The number of hydrogen-bond donors (Lipinski definition) is 0. The Kier molecular flexibility index (Phi) is 5.44. The minimum Gasteiger partial charge on any atom is -0.339 e. The summed E-state index contributed by atoms with van der Waals surface area (Å²) >= 11 is 1.59. The summed E-state index contributed by atoms with van der Waals surface area (Å²) in [6, 6.07) is 13.6. The predicted octanol–water partition coefficient (Wildman–Crippen LogP) is 4.73. The zero-order valence-electron chi connectivity index (χ0n) is 19.0. The van der Waals surface area contributed by atoms with E-state index in [1.165, 1.54) is 19.3 Å². The first kappa shape index (κ1) is 21.2. The van der Waals surface area contributed by atoms with Crippen LogP contribution in [0.25, 0.3) is 0 Å². The molecule has 0 unspecified atom stereocenters. The number of benzene rings is 1. The lowest BCUT2D eigenvalue weighted by Crippen LogP contribution is -2.58. The average Bonchev–Trinajstić information content (AvgIpc) is 2.84. The first-order valence-electron chi connectivity index (χ1n) is 12.4. The summed E-state index contributed by atoms with van der Waals surface area (Å²) in [6.45, 7) is 2.59. The van der Waals surface area contributed by atoms with Gasteiger partial charge < -0.3 is 9.80 Å². The van der Waals surface area contributed by atoms with Gasteiger partial charge in [-0.3, -0.25) is 9.59 Å². The number of carbonyl (C=O) groups excluding carboxylic acids is 2. The van der Waals surface area contributed by atoms with E-state index < -0.39 is 0 Å². The zero-order valence-corrected chi connectivity index (χ0v) is 19.8. The Hall–Kier alpha value is -2.34. The SMILES string of the molecule is O=C(c1ccc(Sc2ccccn2)cc1)N1CCN(C(=O)C23CC4CC(CC(C4)C2)C3)CC1. The van der Waals surface area contributed by atoms with Crippen molar-refractivity contribution in [3.63, 3.8) is 0 Å². The molecule has 6 heteroatoms. The molecule has 1 saturated heterocycles. The molecule has 5 fully saturated rings. The lowest BCUT2D eigenvalue weighted by molar-refractivity contribution is -0.159. The molecule has 4 aliphatic carbocycles. The van der Waals surface area contributed by atoms with Gasteiger partial charge in [-0.05, 0) is 92.7 Å². The minimum atomic E-state index is -0.0813. The Labute approximate surface area is 199 Å². The van der Waals surface area contributed by atoms with Crippen molar-refractivity contribution in [2.75, 3.05) is 26.2 Å². The molecule has 0 radical (unpaired) electrons. The van der Waals surface area contributed by atoms with E-state index in [4.69, 9.17) is 0 Å². The Morgan fingerprint density at radius 2 is 1.42 bits per heavy atom. The first-order valence-corrected chi connectivity index (χ1v) is 13.2. The molecule has 5 nitrogen and oxygen atoms in total. The topological polar surface area (TPSA) is 53.5 Å². The fourth-order valence-corrected chi connectivity index (χ4v) is 7.97. The molecule has 2 heterocycles. The molecule has 172 valence electrons. The molecular formula is C27H31N3O2S. The van der Waals surface area contributed by atoms with Gasteiger partial charge in [-0.2, -0.15) is 0 Å². The fourth-order valence-electron chi connectivity index (χ4n) is 7.20. The molecule has 2 aromatic rings. The van der Waals surface area contributed by atoms with Gasteiger partial charge in [-0.1, -0.05) is 17.8 Å². The van der Waals surface area contributed by atoms with Gasteiger partial charge in [-0.25, -0.2) is 4.98 Å². The van der Waals surface area contributed by atoms with Crippen LogP contribution in [0.1, 0.15) is 48.9 Å². The van der Waals surface area contributed by atoms with Crippen molar-refractivity contribution >= 4 is 23.6 Å². The van der Waals surface area contributed by atoms with Crippen LogP contribution in [-0.2, 0) is 4.79 Å². The summed E-state index contributed by atoms with van der Waals surface area (Å²) in [6.07, 6.45) is 9.18. The normalized spacial score (nSPS) is 30.5. The van der Waals surface area contributed by atoms with E-state index in [2.05, 4.69) is 9.88 Å². The molecule has 33 heavy (non-hydrogen) atoms. The third kappa shape index (κ3) is 4.07. The maximum Gasteiger partial charge on any atom is 0.253 e. The van der Waals surface area contributed by atoms with Crippen LogP contribution < -0.4 is 0 Å². The zero-order chi connectivity index (χ0) is 22.4. The predicted molar refractivity (Wildman–Crippen MR) is 128 cm³/mol. The summed E-state index contributed by atoms with van der Waals surface area (Å²) in [5.74, 6) is 2.79. The van der Waals surface area contributed by atoms with Gasteiger partial charge in [0.15, 0.2) is 0 Å². The molecule has 1 aliphatic heterocycles. The van der Waals surface area contributed by atoms with E-state index in [0.717, 1.165) is 46.9 Å². The second-order valence-electron chi connectivity index (χ2n) is 10.6. The maximum absolute atomic E-state index is 13.6. The average molecular weight is 462 g/mol. The fraction of sp³-hybridized carbons (Fsp3) is 0.519. The highest BCUT2D eigenvalue weighted by molar-refractivity contribution is 7.99. The molecule has 1 aromatic heterocycles. The van der Waals surface area contributed by atoms with Crippen molar-refractivity contribution in [1.29, 1.82) is 0 Å². The largest absolute Gasteiger partial charge is 0.339 e. The molecule has 0 atom stereocenters.